The Balaban J connectivity index is 0.000000321. The molecule has 0 spiro atoms. The normalized spacial score (nSPS) is 25.0. The van der Waals surface area contributed by atoms with Crippen molar-refractivity contribution in [2.45, 2.75) is 148 Å². The molecule has 0 bridgehead atoms. The van der Waals surface area contributed by atoms with E-state index in [0.717, 1.165) is 23.8 Å². The quantitative estimate of drug-likeness (QED) is 0.346. The largest absolute Gasteiger partial charge is 0.303 e. The van der Waals surface area contributed by atoms with E-state index in [9.17, 15) is 0 Å². The molecule has 1 unspecified atom stereocenters. The van der Waals surface area contributed by atoms with Gasteiger partial charge in [0.2, 0.25) is 0 Å². The number of nitrogens with zero attached hydrogens (tertiary/aromatic N) is 1. The van der Waals surface area contributed by atoms with Gasteiger partial charge in [0.05, 0.1) is 0 Å². The Morgan fingerprint density at radius 3 is 1.55 bits per heavy atom. The molecular weight excluding hydrogens is 350 g/mol. The second-order valence-corrected chi connectivity index (χ2v) is 10.7. The molecule has 1 aliphatic heterocycles. The van der Waals surface area contributed by atoms with Crippen LogP contribution in [0.5, 0.6) is 0 Å². The fraction of sp³-hybridized carbons (Fsp3) is 1.00. The lowest BCUT2D eigenvalue weighted by Gasteiger charge is -2.42. The van der Waals surface area contributed by atoms with Crippen LogP contribution in [0.2, 0.25) is 0 Å². The van der Waals surface area contributed by atoms with Gasteiger partial charge in [-0.1, -0.05) is 123 Å². The average Bonchev–Trinajstić information content (AvgIpc) is 2.78. The van der Waals surface area contributed by atoms with Crippen molar-refractivity contribution in [2.24, 2.45) is 17.8 Å². The lowest BCUT2D eigenvalue weighted by atomic mass is 9.67. The predicted molar refractivity (Wildman–Crippen MR) is 131 cm³/mol. The van der Waals surface area contributed by atoms with Crippen LogP contribution in [0.3, 0.4) is 0 Å². The van der Waals surface area contributed by atoms with Crippen LogP contribution in [0.15, 0.2) is 0 Å². The second-order valence-electron chi connectivity index (χ2n) is 10.7. The molecule has 3 aliphatic rings. The zero-order chi connectivity index (χ0) is 20.7. The Hall–Kier alpha value is -0.0400. The van der Waals surface area contributed by atoms with Crippen molar-refractivity contribution in [3.63, 3.8) is 0 Å². The van der Waals surface area contributed by atoms with Crippen molar-refractivity contribution in [1.82, 2.24) is 4.90 Å². The summed E-state index contributed by atoms with van der Waals surface area (Å²) in [5.41, 5.74) is 0. The molecule has 1 saturated heterocycles. The molecule has 2 aliphatic carbocycles. The van der Waals surface area contributed by atoms with Crippen LogP contribution in [-0.4, -0.2) is 24.5 Å². The van der Waals surface area contributed by atoms with Gasteiger partial charge in [-0.25, -0.2) is 0 Å². The third kappa shape index (κ3) is 9.75. The van der Waals surface area contributed by atoms with Gasteiger partial charge in [0, 0.05) is 6.04 Å². The summed E-state index contributed by atoms with van der Waals surface area (Å²) in [5, 5.41) is 0. The van der Waals surface area contributed by atoms with Gasteiger partial charge in [0.1, 0.15) is 0 Å². The average molecular weight is 406 g/mol. The van der Waals surface area contributed by atoms with E-state index in [1.807, 2.05) is 0 Å². The summed E-state index contributed by atoms with van der Waals surface area (Å²) in [6.07, 6.45) is 29.7. The van der Waals surface area contributed by atoms with E-state index < -0.39 is 0 Å². The van der Waals surface area contributed by atoms with Gasteiger partial charge in [0.25, 0.3) is 0 Å². The minimum absolute atomic E-state index is 0.910. The summed E-state index contributed by atoms with van der Waals surface area (Å²) in [6.45, 7) is 5.87. The van der Waals surface area contributed by atoms with Crippen LogP contribution in [0.4, 0.5) is 0 Å². The molecule has 3 rings (SSSR count). The van der Waals surface area contributed by atoms with Crippen LogP contribution in [0.25, 0.3) is 0 Å². The highest BCUT2D eigenvalue weighted by molar-refractivity contribution is 4.86. The zero-order valence-corrected chi connectivity index (χ0v) is 20.6. The number of hydrogen-bond donors (Lipinski definition) is 0. The van der Waals surface area contributed by atoms with E-state index in [1.165, 1.54) is 109 Å². The summed E-state index contributed by atoms with van der Waals surface area (Å²) >= 11 is 0. The SMILES string of the molecule is CCCCCCCC.CN1CCCCC1CC(C1CCCCC1)C1CCCCC1. The predicted octanol–water partition coefficient (Wildman–Crippen LogP) is 9.00. The molecule has 172 valence electrons. The topological polar surface area (TPSA) is 3.24 Å². The van der Waals surface area contributed by atoms with Crippen molar-refractivity contribution < 1.29 is 0 Å². The highest BCUT2D eigenvalue weighted by atomic mass is 15.1. The van der Waals surface area contributed by atoms with Gasteiger partial charge >= 0.3 is 0 Å². The van der Waals surface area contributed by atoms with Crippen molar-refractivity contribution in [3.8, 4) is 0 Å². The molecule has 1 atom stereocenters. The van der Waals surface area contributed by atoms with E-state index in [0.29, 0.717) is 0 Å². The monoisotopic (exact) mass is 405 g/mol. The van der Waals surface area contributed by atoms with Gasteiger partial charge in [0.15, 0.2) is 0 Å². The number of rotatable bonds is 9. The van der Waals surface area contributed by atoms with Gasteiger partial charge in [-0.05, 0) is 50.6 Å². The summed E-state index contributed by atoms with van der Waals surface area (Å²) in [5.74, 6) is 3.23. The van der Waals surface area contributed by atoms with Crippen molar-refractivity contribution in [2.75, 3.05) is 13.6 Å². The van der Waals surface area contributed by atoms with Crippen LogP contribution >= 0.6 is 0 Å². The summed E-state index contributed by atoms with van der Waals surface area (Å²) in [6, 6.07) is 0.910. The van der Waals surface area contributed by atoms with Gasteiger partial charge < -0.3 is 4.90 Å². The molecule has 0 radical (unpaired) electrons. The van der Waals surface area contributed by atoms with Crippen LogP contribution in [-0.2, 0) is 0 Å². The standard InChI is InChI=1S/C20H37N.C8H18/c1-21-15-9-8-14-19(21)16-20(17-10-4-2-5-11-17)18-12-6-3-7-13-18;1-3-5-7-8-6-4-2/h17-20H,2-16H2,1H3;3-8H2,1-2H3. The molecule has 2 saturated carbocycles. The number of unbranched alkanes of at least 4 members (excludes halogenated alkanes) is 5. The first-order valence-electron chi connectivity index (χ1n) is 14.0. The van der Waals surface area contributed by atoms with Gasteiger partial charge in [-0.15, -0.1) is 0 Å². The molecule has 0 N–H and O–H groups in total. The third-order valence-electron chi connectivity index (χ3n) is 8.43. The van der Waals surface area contributed by atoms with Crippen molar-refractivity contribution in [3.05, 3.63) is 0 Å². The van der Waals surface area contributed by atoms with E-state index in [4.69, 9.17) is 0 Å². The highest BCUT2D eigenvalue weighted by Crippen LogP contribution is 2.43. The Labute approximate surface area is 184 Å². The van der Waals surface area contributed by atoms with E-state index in [-0.39, 0.29) is 0 Å². The van der Waals surface area contributed by atoms with Crippen molar-refractivity contribution >= 4 is 0 Å². The van der Waals surface area contributed by atoms with Crippen molar-refractivity contribution in [1.29, 1.82) is 0 Å². The Morgan fingerprint density at radius 1 is 0.621 bits per heavy atom. The first-order valence-corrected chi connectivity index (χ1v) is 14.0. The molecule has 0 aromatic carbocycles. The minimum Gasteiger partial charge on any atom is -0.303 e. The zero-order valence-electron chi connectivity index (χ0n) is 20.6. The smallest absolute Gasteiger partial charge is 0.00950 e. The molecule has 29 heavy (non-hydrogen) atoms. The minimum atomic E-state index is 0.910. The molecule has 0 aromatic rings. The fourth-order valence-electron chi connectivity index (χ4n) is 6.50. The molecule has 1 heterocycles. The van der Waals surface area contributed by atoms with E-state index >= 15 is 0 Å². The number of piperidine rings is 1. The van der Waals surface area contributed by atoms with Gasteiger partial charge in [-0.3, -0.25) is 0 Å². The van der Waals surface area contributed by atoms with E-state index in [2.05, 4.69) is 25.8 Å². The van der Waals surface area contributed by atoms with Crippen LogP contribution in [0.1, 0.15) is 142 Å². The van der Waals surface area contributed by atoms with Crippen LogP contribution < -0.4 is 0 Å². The highest BCUT2D eigenvalue weighted by Gasteiger charge is 2.34. The first-order chi connectivity index (χ1) is 14.3. The lowest BCUT2D eigenvalue weighted by Crippen LogP contribution is -2.40. The third-order valence-corrected chi connectivity index (χ3v) is 8.43. The van der Waals surface area contributed by atoms with E-state index in [1.54, 1.807) is 25.7 Å². The Kier molecular flexibility index (Phi) is 13.7. The molecule has 0 amide bonds. The Bertz CT molecular complexity index is 343. The maximum atomic E-state index is 2.70. The first kappa shape index (κ1) is 25.2. The summed E-state index contributed by atoms with van der Waals surface area (Å²) in [4.78, 5) is 2.70. The fourth-order valence-corrected chi connectivity index (χ4v) is 6.50. The lowest BCUT2D eigenvalue weighted by molar-refractivity contribution is 0.0810. The molecular formula is C28H55N. The summed E-state index contributed by atoms with van der Waals surface area (Å²) in [7, 11) is 2.39. The second kappa shape index (κ2) is 15.7. The molecule has 1 nitrogen and oxygen atoms in total. The molecule has 3 fully saturated rings. The summed E-state index contributed by atoms with van der Waals surface area (Å²) < 4.78 is 0. The Morgan fingerprint density at radius 2 is 1.10 bits per heavy atom. The maximum Gasteiger partial charge on any atom is 0.00950 e. The van der Waals surface area contributed by atoms with Crippen LogP contribution in [0, 0.1) is 17.8 Å². The van der Waals surface area contributed by atoms with Gasteiger partial charge in [-0.2, -0.15) is 0 Å². The number of hydrogen-bond acceptors (Lipinski definition) is 1. The number of likely N-dealkylation sites (tertiary alicyclic amines) is 1. The maximum absolute atomic E-state index is 2.70. The molecule has 1 heteroatoms. The molecule has 0 aromatic heterocycles.